The van der Waals surface area contributed by atoms with Crippen LogP contribution in [0, 0.1) is 5.92 Å². The van der Waals surface area contributed by atoms with E-state index in [4.69, 9.17) is 0 Å². The summed E-state index contributed by atoms with van der Waals surface area (Å²) < 4.78 is 0. The van der Waals surface area contributed by atoms with Gasteiger partial charge in [0.2, 0.25) is 0 Å². The molecule has 0 heterocycles. The molecule has 2 rings (SSSR count). The minimum Gasteiger partial charge on any atom is -0.388 e. The van der Waals surface area contributed by atoms with Crippen molar-refractivity contribution in [1.82, 2.24) is 5.32 Å². The molecule has 0 saturated heterocycles. The van der Waals surface area contributed by atoms with Gasteiger partial charge in [0, 0.05) is 12.5 Å². The first-order valence-corrected chi connectivity index (χ1v) is 7.23. The molecule has 2 nitrogen and oxygen atoms in total. The van der Waals surface area contributed by atoms with E-state index in [1.54, 1.807) is 0 Å². The number of hydrogen-bond acceptors (Lipinski definition) is 2. The highest BCUT2D eigenvalue weighted by Gasteiger charge is 2.19. The second kappa shape index (κ2) is 7.83. The van der Waals surface area contributed by atoms with Gasteiger partial charge in [-0.05, 0) is 31.0 Å². The van der Waals surface area contributed by atoms with Crippen molar-refractivity contribution >= 4 is 0 Å². The largest absolute Gasteiger partial charge is 0.388 e. The van der Waals surface area contributed by atoms with Crippen LogP contribution in [0.4, 0.5) is 0 Å². The maximum absolute atomic E-state index is 10.5. The van der Waals surface area contributed by atoms with Gasteiger partial charge >= 0.3 is 0 Å². The molecule has 2 aromatic rings. The highest BCUT2D eigenvalue weighted by molar-refractivity contribution is 5.19. The molecule has 106 valence electrons. The Bertz CT molecular complexity index is 483. The standard InChI is InChI=1S/C18H23NO/c1-19-14-17(13-12-15-8-4-2-5-9-15)18(20)16-10-6-3-7-11-16/h2-11,17-20H,12-14H2,1H3/t17-,18-/m1/s1. The van der Waals surface area contributed by atoms with E-state index in [0.717, 1.165) is 24.9 Å². The Labute approximate surface area is 121 Å². The van der Waals surface area contributed by atoms with E-state index < -0.39 is 6.10 Å². The van der Waals surface area contributed by atoms with Crippen LogP contribution >= 0.6 is 0 Å². The first-order chi connectivity index (χ1) is 9.81. The lowest BCUT2D eigenvalue weighted by Crippen LogP contribution is -2.25. The summed E-state index contributed by atoms with van der Waals surface area (Å²) >= 11 is 0. The third kappa shape index (κ3) is 4.19. The summed E-state index contributed by atoms with van der Waals surface area (Å²) in [6.07, 6.45) is 1.56. The highest BCUT2D eigenvalue weighted by atomic mass is 16.3. The summed E-state index contributed by atoms with van der Waals surface area (Å²) in [4.78, 5) is 0. The quantitative estimate of drug-likeness (QED) is 0.809. The van der Waals surface area contributed by atoms with Gasteiger partial charge in [-0.1, -0.05) is 60.7 Å². The van der Waals surface area contributed by atoms with Gasteiger partial charge in [0.05, 0.1) is 6.10 Å². The van der Waals surface area contributed by atoms with Crippen molar-refractivity contribution in [2.45, 2.75) is 18.9 Å². The summed E-state index contributed by atoms with van der Waals surface area (Å²) in [7, 11) is 1.94. The van der Waals surface area contributed by atoms with Gasteiger partial charge in [-0.3, -0.25) is 0 Å². The number of hydrogen-bond donors (Lipinski definition) is 2. The van der Waals surface area contributed by atoms with E-state index in [-0.39, 0.29) is 5.92 Å². The molecule has 0 bridgehead atoms. The van der Waals surface area contributed by atoms with Gasteiger partial charge in [0.15, 0.2) is 0 Å². The average molecular weight is 269 g/mol. The molecule has 2 heteroatoms. The normalized spacial score (nSPS) is 13.9. The lowest BCUT2D eigenvalue weighted by atomic mass is 9.90. The van der Waals surface area contributed by atoms with Crippen LogP contribution in [0.5, 0.6) is 0 Å². The molecule has 0 fully saturated rings. The SMILES string of the molecule is CNC[C@@H](CCc1ccccc1)[C@H](O)c1ccccc1. The third-order valence-corrected chi connectivity index (χ3v) is 3.70. The summed E-state index contributed by atoms with van der Waals surface area (Å²) in [5.74, 6) is 0.225. The molecule has 0 unspecified atom stereocenters. The molecule has 2 N–H and O–H groups in total. The molecule has 0 aliphatic carbocycles. The number of aliphatic hydroxyl groups excluding tert-OH is 1. The van der Waals surface area contributed by atoms with Crippen molar-refractivity contribution in [2.75, 3.05) is 13.6 Å². The Kier molecular flexibility index (Phi) is 5.78. The van der Waals surface area contributed by atoms with Gasteiger partial charge < -0.3 is 10.4 Å². The number of rotatable bonds is 7. The maximum atomic E-state index is 10.5. The second-order valence-corrected chi connectivity index (χ2v) is 5.20. The van der Waals surface area contributed by atoms with E-state index in [1.807, 2.05) is 43.4 Å². The number of benzene rings is 2. The molecule has 0 aliphatic heterocycles. The van der Waals surface area contributed by atoms with Crippen molar-refractivity contribution in [1.29, 1.82) is 0 Å². The van der Waals surface area contributed by atoms with E-state index in [2.05, 4.69) is 29.6 Å². The third-order valence-electron chi connectivity index (χ3n) is 3.70. The fraction of sp³-hybridized carbons (Fsp3) is 0.333. The molecule has 0 saturated carbocycles. The average Bonchev–Trinajstić information content (AvgIpc) is 2.52. The molecule has 0 amide bonds. The Morgan fingerprint density at radius 3 is 2.15 bits per heavy atom. The number of nitrogens with one attached hydrogen (secondary N) is 1. The number of aryl methyl sites for hydroxylation is 1. The second-order valence-electron chi connectivity index (χ2n) is 5.20. The predicted molar refractivity (Wildman–Crippen MR) is 83.6 cm³/mol. The topological polar surface area (TPSA) is 32.3 Å². The maximum Gasteiger partial charge on any atom is 0.0830 e. The van der Waals surface area contributed by atoms with Crippen LogP contribution in [0.2, 0.25) is 0 Å². The first kappa shape index (κ1) is 14.8. The molecule has 0 spiro atoms. The fourth-order valence-electron chi connectivity index (χ4n) is 2.55. The van der Waals surface area contributed by atoms with Gasteiger partial charge in [-0.15, -0.1) is 0 Å². The molecule has 20 heavy (non-hydrogen) atoms. The van der Waals surface area contributed by atoms with Gasteiger partial charge in [-0.2, -0.15) is 0 Å². The van der Waals surface area contributed by atoms with E-state index in [0.29, 0.717) is 0 Å². The highest BCUT2D eigenvalue weighted by Crippen LogP contribution is 2.25. The summed E-state index contributed by atoms with van der Waals surface area (Å²) in [6.45, 7) is 0.822. The van der Waals surface area contributed by atoms with Gasteiger partial charge in [0.25, 0.3) is 0 Å². The Hall–Kier alpha value is -1.64. The van der Waals surface area contributed by atoms with Crippen molar-refractivity contribution in [3.63, 3.8) is 0 Å². The minimum absolute atomic E-state index is 0.225. The van der Waals surface area contributed by atoms with E-state index >= 15 is 0 Å². The summed E-state index contributed by atoms with van der Waals surface area (Å²) in [6, 6.07) is 20.4. The van der Waals surface area contributed by atoms with Gasteiger partial charge in [0.1, 0.15) is 0 Å². The predicted octanol–water partition coefficient (Wildman–Crippen LogP) is 3.19. The zero-order valence-corrected chi connectivity index (χ0v) is 12.0. The molecular weight excluding hydrogens is 246 g/mol. The molecule has 2 aromatic carbocycles. The first-order valence-electron chi connectivity index (χ1n) is 7.23. The van der Waals surface area contributed by atoms with Crippen molar-refractivity contribution in [3.05, 3.63) is 71.8 Å². The van der Waals surface area contributed by atoms with Crippen LogP contribution in [-0.2, 0) is 6.42 Å². The van der Waals surface area contributed by atoms with Crippen molar-refractivity contribution in [3.8, 4) is 0 Å². The summed E-state index contributed by atoms with van der Waals surface area (Å²) in [5, 5.41) is 13.7. The zero-order chi connectivity index (χ0) is 14.2. The van der Waals surface area contributed by atoms with Crippen LogP contribution in [0.3, 0.4) is 0 Å². The Morgan fingerprint density at radius 1 is 0.950 bits per heavy atom. The van der Waals surface area contributed by atoms with Crippen molar-refractivity contribution in [2.24, 2.45) is 5.92 Å². The molecule has 0 aromatic heterocycles. The van der Waals surface area contributed by atoms with Crippen LogP contribution in [-0.4, -0.2) is 18.7 Å². The fourth-order valence-corrected chi connectivity index (χ4v) is 2.55. The molecular formula is C18H23NO. The number of aliphatic hydroxyl groups is 1. The Balaban J connectivity index is 1.99. The van der Waals surface area contributed by atoms with Gasteiger partial charge in [-0.25, -0.2) is 0 Å². The Morgan fingerprint density at radius 2 is 1.55 bits per heavy atom. The van der Waals surface area contributed by atoms with Crippen molar-refractivity contribution < 1.29 is 5.11 Å². The smallest absolute Gasteiger partial charge is 0.0830 e. The molecule has 2 atom stereocenters. The lowest BCUT2D eigenvalue weighted by molar-refractivity contribution is 0.103. The monoisotopic (exact) mass is 269 g/mol. The lowest BCUT2D eigenvalue weighted by Gasteiger charge is -2.23. The van der Waals surface area contributed by atoms with Crippen LogP contribution in [0.25, 0.3) is 0 Å². The van der Waals surface area contributed by atoms with Crippen LogP contribution < -0.4 is 5.32 Å². The molecule has 0 aliphatic rings. The van der Waals surface area contributed by atoms with Crippen LogP contribution in [0.15, 0.2) is 60.7 Å². The molecule has 0 radical (unpaired) electrons. The minimum atomic E-state index is -0.410. The van der Waals surface area contributed by atoms with E-state index in [9.17, 15) is 5.11 Å². The summed E-state index contributed by atoms with van der Waals surface area (Å²) in [5.41, 5.74) is 2.33. The van der Waals surface area contributed by atoms with Crippen LogP contribution in [0.1, 0.15) is 23.7 Å². The van der Waals surface area contributed by atoms with E-state index in [1.165, 1.54) is 5.56 Å². The zero-order valence-electron chi connectivity index (χ0n) is 12.0.